The van der Waals surface area contributed by atoms with Crippen molar-refractivity contribution in [1.82, 2.24) is 15.0 Å². The number of aromatic nitrogens is 3. The molecule has 3 rings (SSSR count). The van der Waals surface area contributed by atoms with Gasteiger partial charge in [-0.2, -0.15) is 0 Å². The quantitative estimate of drug-likeness (QED) is 0.632. The van der Waals surface area contributed by atoms with Crippen LogP contribution in [0.2, 0.25) is 0 Å². The van der Waals surface area contributed by atoms with Crippen molar-refractivity contribution < 1.29 is 14.4 Å². The van der Waals surface area contributed by atoms with Crippen molar-refractivity contribution >= 4 is 17.2 Å². The fourth-order valence-corrected chi connectivity index (χ4v) is 2.71. The summed E-state index contributed by atoms with van der Waals surface area (Å²) in [6.07, 6.45) is 4.12. The standard InChI is InChI=1S/C11H10N4O4S/c1-11(18-2-3-19-11)8-4-9(20-7-8)6-14-12-5-10(13-14)15(16)17/h2-5,7H,6H2,1H3. The van der Waals surface area contributed by atoms with Crippen LogP contribution in [0.3, 0.4) is 0 Å². The van der Waals surface area contributed by atoms with Crippen LogP contribution >= 0.6 is 11.3 Å². The Morgan fingerprint density at radius 1 is 1.50 bits per heavy atom. The molecule has 0 bridgehead atoms. The summed E-state index contributed by atoms with van der Waals surface area (Å²) in [5.74, 6) is -1.07. The molecule has 0 unspecified atom stereocenters. The summed E-state index contributed by atoms with van der Waals surface area (Å²) >= 11 is 1.49. The summed E-state index contributed by atoms with van der Waals surface area (Å²) in [5.41, 5.74) is 0.879. The van der Waals surface area contributed by atoms with Crippen molar-refractivity contribution in [2.45, 2.75) is 19.3 Å². The third-order valence-electron chi connectivity index (χ3n) is 2.83. The van der Waals surface area contributed by atoms with Crippen LogP contribution in [0.5, 0.6) is 0 Å². The Morgan fingerprint density at radius 2 is 2.25 bits per heavy atom. The highest BCUT2D eigenvalue weighted by molar-refractivity contribution is 7.10. The van der Waals surface area contributed by atoms with Crippen LogP contribution in [0.15, 0.2) is 30.2 Å². The topological polar surface area (TPSA) is 92.3 Å². The summed E-state index contributed by atoms with van der Waals surface area (Å²) in [6.45, 7) is 2.18. The van der Waals surface area contributed by atoms with Crippen LogP contribution in [0, 0.1) is 10.1 Å². The molecule has 0 radical (unpaired) electrons. The number of thiophene rings is 1. The van der Waals surface area contributed by atoms with E-state index in [0.717, 1.165) is 16.6 Å². The number of nitrogens with zero attached hydrogens (tertiary/aromatic N) is 4. The third kappa shape index (κ3) is 2.23. The molecule has 0 aliphatic carbocycles. The molecule has 0 fully saturated rings. The van der Waals surface area contributed by atoms with Gasteiger partial charge in [0.15, 0.2) is 6.20 Å². The summed E-state index contributed by atoms with van der Waals surface area (Å²) in [6, 6.07) is 1.91. The van der Waals surface area contributed by atoms with E-state index < -0.39 is 10.7 Å². The van der Waals surface area contributed by atoms with E-state index in [2.05, 4.69) is 10.2 Å². The number of hydrogen-bond acceptors (Lipinski definition) is 7. The fourth-order valence-electron chi connectivity index (χ4n) is 1.77. The van der Waals surface area contributed by atoms with Crippen LogP contribution in [-0.4, -0.2) is 19.9 Å². The lowest BCUT2D eigenvalue weighted by atomic mass is 10.1. The molecule has 20 heavy (non-hydrogen) atoms. The van der Waals surface area contributed by atoms with Crippen LogP contribution in [0.25, 0.3) is 0 Å². The maximum absolute atomic E-state index is 10.5. The first-order valence-electron chi connectivity index (χ1n) is 5.70. The van der Waals surface area contributed by atoms with Gasteiger partial charge in [0.2, 0.25) is 0 Å². The molecule has 1 aliphatic heterocycles. The first kappa shape index (κ1) is 12.6. The minimum Gasteiger partial charge on any atom is -0.453 e. The SMILES string of the molecule is CC1(c2csc(Cn3ncc([N+](=O)[O-])n3)c2)OC=CO1. The predicted octanol–water partition coefficient (Wildman–Crippen LogP) is 1.99. The third-order valence-corrected chi connectivity index (χ3v) is 3.75. The van der Waals surface area contributed by atoms with Crippen molar-refractivity contribution in [2.24, 2.45) is 0 Å². The monoisotopic (exact) mass is 294 g/mol. The highest BCUT2D eigenvalue weighted by atomic mass is 32.1. The van der Waals surface area contributed by atoms with Gasteiger partial charge in [0.1, 0.15) is 19.1 Å². The van der Waals surface area contributed by atoms with Gasteiger partial charge in [-0.25, -0.2) is 0 Å². The molecule has 1 aliphatic rings. The first-order valence-corrected chi connectivity index (χ1v) is 6.58. The van der Waals surface area contributed by atoms with E-state index in [1.165, 1.54) is 28.7 Å². The number of ether oxygens (including phenoxy) is 2. The van der Waals surface area contributed by atoms with Crippen LogP contribution in [-0.2, 0) is 21.8 Å². The van der Waals surface area contributed by atoms with E-state index in [9.17, 15) is 10.1 Å². The van der Waals surface area contributed by atoms with E-state index in [1.807, 2.05) is 18.4 Å². The second kappa shape index (κ2) is 4.60. The van der Waals surface area contributed by atoms with Crippen molar-refractivity contribution in [3.63, 3.8) is 0 Å². The summed E-state index contributed by atoms with van der Waals surface area (Å²) in [5, 5.41) is 20.1. The molecular weight excluding hydrogens is 284 g/mol. The molecule has 3 heterocycles. The first-order chi connectivity index (χ1) is 9.57. The highest BCUT2D eigenvalue weighted by Gasteiger charge is 2.33. The number of hydrogen-bond donors (Lipinski definition) is 0. The fraction of sp³-hybridized carbons (Fsp3) is 0.273. The second-order valence-electron chi connectivity index (χ2n) is 4.25. The van der Waals surface area contributed by atoms with Gasteiger partial charge in [-0.3, -0.25) is 0 Å². The van der Waals surface area contributed by atoms with E-state index >= 15 is 0 Å². The zero-order valence-electron chi connectivity index (χ0n) is 10.4. The molecule has 8 nitrogen and oxygen atoms in total. The average Bonchev–Trinajstić information content (AvgIpc) is 3.10. The Hall–Kier alpha value is -2.42. The molecule has 0 N–H and O–H groups in total. The Labute approximate surface area is 117 Å². The molecule has 2 aromatic heterocycles. The summed E-state index contributed by atoms with van der Waals surface area (Å²) in [4.78, 5) is 12.2. The largest absolute Gasteiger partial charge is 0.453 e. The Bertz CT molecular complexity index is 670. The van der Waals surface area contributed by atoms with Gasteiger partial charge in [0, 0.05) is 22.7 Å². The predicted molar refractivity (Wildman–Crippen MR) is 68.8 cm³/mol. The van der Waals surface area contributed by atoms with E-state index in [-0.39, 0.29) is 5.82 Å². The summed E-state index contributed by atoms with van der Waals surface area (Å²) in [7, 11) is 0. The number of rotatable bonds is 4. The smallest absolute Gasteiger partial charge is 0.410 e. The maximum atomic E-state index is 10.5. The van der Waals surface area contributed by atoms with E-state index in [4.69, 9.17) is 9.47 Å². The molecule has 0 aromatic carbocycles. The Balaban J connectivity index is 1.75. The normalized spacial score (nSPS) is 15.8. The minimum atomic E-state index is -0.807. The molecule has 0 spiro atoms. The zero-order chi connectivity index (χ0) is 14.2. The lowest BCUT2D eigenvalue weighted by Gasteiger charge is -2.21. The van der Waals surface area contributed by atoms with E-state index in [0.29, 0.717) is 6.54 Å². The lowest BCUT2D eigenvalue weighted by Crippen LogP contribution is -2.21. The van der Waals surface area contributed by atoms with Gasteiger partial charge in [0.25, 0.3) is 5.79 Å². The van der Waals surface area contributed by atoms with Crippen molar-refractivity contribution in [1.29, 1.82) is 0 Å². The molecule has 0 atom stereocenters. The molecular formula is C11H10N4O4S. The molecule has 0 amide bonds. The van der Waals surface area contributed by atoms with Crippen LogP contribution in [0.4, 0.5) is 5.82 Å². The van der Waals surface area contributed by atoms with Gasteiger partial charge < -0.3 is 19.6 Å². The van der Waals surface area contributed by atoms with E-state index in [1.54, 1.807) is 0 Å². The van der Waals surface area contributed by atoms with Crippen molar-refractivity contribution in [3.8, 4) is 0 Å². The molecule has 9 heteroatoms. The number of nitro groups is 1. The molecule has 0 saturated carbocycles. The van der Waals surface area contributed by atoms with Gasteiger partial charge >= 0.3 is 5.82 Å². The zero-order valence-corrected chi connectivity index (χ0v) is 11.2. The van der Waals surface area contributed by atoms with Crippen LogP contribution in [0.1, 0.15) is 17.4 Å². The van der Waals surface area contributed by atoms with Gasteiger partial charge in [0.05, 0.1) is 5.10 Å². The van der Waals surface area contributed by atoms with Gasteiger partial charge in [-0.05, 0) is 11.0 Å². The molecule has 104 valence electrons. The van der Waals surface area contributed by atoms with Crippen LogP contribution < -0.4 is 0 Å². The van der Waals surface area contributed by atoms with Gasteiger partial charge in [-0.1, -0.05) is 4.80 Å². The molecule has 0 saturated heterocycles. The summed E-state index contributed by atoms with van der Waals surface area (Å²) < 4.78 is 10.8. The second-order valence-corrected chi connectivity index (χ2v) is 5.24. The van der Waals surface area contributed by atoms with Crippen molar-refractivity contribution in [2.75, 3.05) is 0 Å². The van der Waals surface area contributed by atoms with Gasteiger partial charge in [-0.15, -0.1) is 16.4 Å². The highest BCUT2D eigenvalue weighted by Crippen LogP contribution is 2.34. The lowest BCUT2D eigenvalue weighted by molar-refractivity contribution is -0.389. The molecule has 2 aromatic rings. The average molecular weight is 294 g/mol. The Kier molecular flexibility index (Phi) is 2.90. The van der Waals surface area contributed by atoms with Crippen molar-refractivity contribution in [3.05, 3.63) is 50.7 Å². The maximum Gasteiger partial charge on any atom is 0.410 e. The Morgan fingerprint density at radius 3 is 2.90 bits per heavy atom. The minimum absolute atomic E-state index is 0.264.